The van der Waals surface area contributed by atoms with Crippen LogP contribution in [-0.4, -0.2) is 48.8 Å². The van der Waals surface area contributed by atoms with E-state index in [1.165, 1.54) is 30.7 Å². The molecule has 158 valence electrons. The van der Waals surface area contributed by atoms with Crippen molar-refractivity contribution in [2.24, 2.45) is 0 Å². The van der Waals surface area contributed by atoms with Gasteiger partial charge in [0, 0.05) is 62.7 Å². The van der Waals surface area contributed by atoms with Gasteiger partial charge in [0.2, 0.25) is 11.8 Å². The zero-order chi connectivity index (χ0) is 21.8. The van der Waals surface area contributed by atoms with Crippen molar-refractivity contribution < 1.29 is 14.4 Å². The Morgan fingerprint density at radius 3 is 1.93 bits per heavy atom. The van der Waals surface area contributed by atoms with Gasteiger partial charge >= 0.3 is 0 Å². The second-order valence-corrected chi connectivity index (χ2v) is 7.66. The number of hydrogen-bond acceptors (Lipinski definition) is 4. The van der Waals surface area contributed by atoms with Crippen molar-refractivity contribution in [2.75, 3.05) is 41.7 Å². The van der Waals surface area contributed by atoms with Gasteiger partial charge in [-0.15, -0.1) is 0 Å². The van der Waals surface area contributed by atoms with Crippen LogP contribution in [0.2, 0.25) is 0 Å². The minimum absolute atomic E-state index is 0.116. The van der Waals surface area contributed by atoms with Gasteiger partial charge in [0.15, 0.2) is 0 Å². The van der Waals surface area contributed by atoms with Crippen molar-refractivity contribution >= 4 is 34.8 Å². The summed E-state index contributed by atoms with van der Waals surface area (Å²) < 4.78 is 0. The third-order valence-corrected chi connectivity index (χ3v) is 5.30. The summed E-state index contributed by atoms with van der Waals surface area (Å²) in [6.45, 7) is 9.74. The first-order valence-corrected chi connectivity index (χ1v) is 10.1. The van der Waals surface area contributed by atoms with Gasteiger partial charge in [0.05, 0.1) is 0 Å². The Bertz CT molecular complexity index is 944. The Kier molecular flexibility index (Phi) is 6.40. The molecular formula is C23H28N4O3. The van der Waals surface area contributed by atoms with Crippen LogP contribution in [0.4, 0.5) is 17.1 Å². The van der Waals surface area contributed by atoms with E-state index in [0.717, 1.165) is 13.1 Å². The lowest BCUT2D eigenvalue weighted by Gasteiger charge is -2.37. The fourth-order valence-electron chi connectivity index (χ4n) is 3.71. The van der Waals surface area contributed by atoms with Crippen LogP contribution in [0.15, 0.2) is 36.4 Å². The SMILES string of the molecule is CC(=O)Nc1cc(NC(C)=O)cc(C(=O)N2CCN(c3cccc(C)c3C)CC2)c1. The quantitative estimate of drug-likeness (QED) is 0.814. The fraction of sp³-hybridized carbons (Fsp3) is 0.348. The molecule has 0 unspecified atom stereocenters. The van der Waals surface area contributed by atoms with Crippen molar-refractivity contribution in [2.45, 2.75) is 27.7 Å². The standard InChI is InChI=1S/C23H28N4O3/c1-15-6-5-7-22(16(15)2)26-8-10-27(11-9-26)23(30)19-12-20(24-17(3)28)14-21(13-19)25-18(4)29/h5-7,12-14H,8-11H2,1-4H3,(H,24,28)(H,25,29). The average Bonchev–Trinajstić information content (AvgIpc) is 2.68. The van der Waals surface area contributed by atoms with Gasteiger partial charge in [-0.3, -0.25) is 14.4 Å². The van der Waals surface area contributed by atoms with Crippen LogP contribution in [0, 0.1) is 13.8 Å². The van der Waals surface area contributed by atoms with Crippen molar-refractivity contribution in [3.63, 3.8) is 0 Å². The van der Waals surface area contributed by atoms with Crippen LogP contribution in [0.1, 0.15) is 35.3 Å². The van der Waals surface area contributed by atoms with Crippen LogP contribution < -0.4 is 15.5 Å². The number of hydrogen-bond donors (Lipinski definition) is 2. The summed E-state index contributed by atoms with van der Waals surface area (Å²) in [5, 5.41) is 5.37. The van der Waals surface area contributed by atoms with Crippen LogP contribution in [0.25, 0.3) is 0 Å². The smallest absolute Gasteiger partial charge is 0.254 e. The topological polar surface area (TPSA) is 81.8 Å². The van der Waals surface area contributed by atoms with E-state index in [9.17, 15) is 14.4 Å². The summed E-state index contributed by atoms with van der Waals surface area (Å²) in [4.78, 5) is 40.1. The third-order valence-electron chi connectivity index (χ3n) is 5.30. The summed E-state index contributed by atoms with van der Waals surface area (Å²) in [7, 11) is 0. The molecule has 0 saturated carbocycles. The Balaban J connectivity index is 1.76. The van der Waals surface area contributed by atoms with Crippen LogP contribution in [0.5, 0.6) is 0 Å². The summed E-state index contributed by atoms with van der Waals surface area (Å²) >= 11 is 0. The third kappa shape index (κ3) is 4.97. The molecule has 7 nitrogen and oxygen atoms in total. The van der Waals surface area contributed by atoms with E-state index in [-0.39, 0.29) is 17.7 Å². The predicted molar refractivity (Wildman–Crippen MR) is 119 cm³/mol. The lowest BCUT2D eigenvalue weighted by atomic mass is 10.1. The van der Waals surface area contributed by atoms with Gasteiger partial charge in [-0.05, 0) is 49.2 Å². The largest absolute Gasteiger partial charge is 0.368 e. The molecular weight excluding hydrogens is 380 g/mol. The number of amides is 3. The molecule has 2 aromatic carbocycles. The summed E-state index contributed by atoms with van der Waals surface area (Å²) in [6, 6.07) is 11.2. The number of piperazine rings is 1. The summed E-state index contributed by atoms with van der Waals surface area (Å²) in [5.41, 5.74) is 5.12. The van der Waals surface area contributed by atoms with Crippen molar-refractivity contribution in [1.29, 1.82) is 0 Å². The van der Waals surface area contributed by atoms with Crippen LogP contribution in [0.3, 0.4) is 0 Å². The molecule has 2 N–H and O–H groups in total. The van der Waals surface area contributed by atoms with Gasteiger partial charge in [-0.1, -0.05) is 12.1 Å². The van der Waals surface area contributed by atoms with Crippen LogP contribution >= 0.6 is 0 Å². The first kappa shape index (κ1) is 21.4. The number of nitrogens with one attached hydrogen (secondary N) is 2. The molecule has 1 heterocycles. The van der Waals surface area contributed by atoms with E-state index in [0.29, 0.717) is 30.0 Å². The minimum Gasteiger partial charge on any atom is -0.368 e. The molecule has 30 heavy (non-hydrogen) atoms. The average molecular weight is 409 g/mol. The molecule has 0 spiro atoms. The Morgan fingerprint density at radius 2 is 1.40 bits per heavy atom. The Labute approximate surface area is 177 Å². The molecule has 2 aromatic rings. The highest BCUT2D eigenvalue weighted by molar-refractivity contribution is 6.00. The number of benzene rings is 2. The Hall–Kier alpha value is -3.35. The molecule has 0 aromatic heterocycles. The molecule has 3 rings (SSSR count). The summed E-state index contributed by atoms with van der Waals surface area (Å²) in [5.74, 6) is -0.597. The molecule has 1 saturated heterocycles. The minimum atomic E-state index is -0.240. The molecule has 3 amide bonds. The Morgan fingerprint density at radius 1 is 0.833 bits per heavy atom. The number of carbonyl (C=O) groups is 3. The number of nitrogens with zero attached hydrogens (tertiary/aromatic N) is 2. The van der Waals surface area contributed by atoms with E-state index in [2.05, 4.69) is 47.6 Å². The molecule has 1 aliphatic rings. The number of anilines is 3. The number of aryl methyl sites for hydroxylation is 1. The van der Waals surface area contributed by atoms with Gasteiger partial charge in [0.1, 0.15) is 0 Å². The first-order chi connectivity index (χ1) is 14.2. The van der Waals surface area contributed by atoms with E-state index < -0.39 is 0 Å². The molecule has 1 aliphatic heterocycles. The van der Waals surface area contributed by atoms with Gasteiger partial charge < -0.3 is 20.4 Å². The lowest BCUT2D eigenvalue weighted by Crippen LogP contribution is -2.49. The second kappa shape index (κ2) is 8.98. The number of rotatable bonds is 4. The van der Waals surface area contributed by atoms with Crippen molar-refractivity contribution in [3.05, 3.63) is 53.1 Å². The molecule has 1 fully saturated rings. The molecule has 0 atom stereocenters. The molecule has 0 bridgehead atoms. The van der Waals surface area contributed by atoms with E-state index >= 15 is 0 Å². The van der Waals surface area contributed by atoms with Crippen molar-refractivity contribution in [3.8, 4) is 0 Å². The highest BCUT2D eigenvalue weighted by atomic mass is 16.2. The normalized spacial score (nSPS) is 13.7. The molecule has 0 aliphatic carbocycles. The predicted octanol–water partition coefficient (Wildman–Crippen LogP) is 3.18. The zero-order valence-corrected chi connectivity index (χ0v) is 17.9. The van der Waals surface area contributed by atoms with Gasteiger partial charge in [0.25, 0.3) is 5.91 Å². The lowest BCUT2D eigenvalue weighted by molar-refractivity contribution is -0.115. The summed E-state index contributed by atoms with van der Waals surface area (Å²) in [6.07, 6.45) is 0. The van der Waals surface area contributed by atoms with E-state index in [1.807, 2.05) is 4.90 Å². The maximum atomic E-state index is 13.1. The maximum Gasteiger partial charge on any atom is 0.254 e. The highest BCUT2D eigenvalue weighted by Gasteiger charge is 2.24. The van der Waals surface area contributed by atoms with Gasteiger partial charge in [-0.25, -0.2) is 0 Å². The zero-order valence-electron chi connectivity index (χ0n) is 17.9. The van der Waals surface area contributed by atoms with E-state index in [4.69, 9.17) is 0 Å². The van der Waals surface area contributed by atoms with Crippen LogP contribution in [-0.2, 0) is 9.59 Å². The molecule has 7 heteroatoms. The van der Waals surface area contributed by atoms with Crippen molar-refractivity contribution in [1.82, 2.24) is 4.90 Å². The monoisotopic (exact) mass is 408 g/mol. The second-order valence-electron chi connectivity index (χ2n) is 7.66. The molecule has 0 radical (unpaired) electrons. The van der Waals surface area contributed by atoms with Gasteiger partial charge in [-0.2, -0.15) is 0 Å². The van der Waals surface area contributed by atoms with E-state index in [1.54, 1.807) is 18.2 Å². The first-order valence-electron chi connectivity index (χ1n) is 10.1. The number of carbonyl (C=O) groups excluding carboxylic acids is 3. The fourth-order valence-corrected chi connectivity index (χ4v) is 3.71. The maximum absolute atomic E-state index is 13.1. The highest BCUT2D eigenvalue weighted by Crippen LogP contribution is 2.25.